The third kappa shape index (κ3) is 4.58. The van der Waals surface area contributed by atoms with Crippen LogP contribution in [0.2, 0.25) is 0 Å². The number of rotatable bonds is 7. The molecule has 0 unspecified atom stereocenters. The number of carbonyl (C=O) groups excluding carboxylic acids is 2. The number of amides is 1. The lowest BCUT2D eigenvalue weighted by molar-refractivity contribution is -0.134. The summed E-state index contributed by atoms with van der Waals surface area (Å²) in [6.45, 7) is 11.2. The van der Waals surface area contributed by atoms with Crippen molar-refractivity contribution in [1.82, 2.24) is 10.2 Å². The summed E-state index contributed by atoms with van der Waals surface area (Å²) in [5.41, 5.74) is 1.88. The molecule has 1 N–H and O–H groups in total. The van der Waals surface area contributed by atoms with Gasteiger partial charge in [0.25, 0.3) is 0 Å². The minimum atomic E-state index is -0.243. The number of hydrogen-bond acceptors (Lipinski definition) is 3. The van der Waals surface area contributed by atoms with Gasteiger partial charge in [-0.1, -0.05) is 13.8 Å². The maximum Gasteiger partial charge on any atom is 0.245 e. The molecular formula is C17H30N2O2. The summed E-state index contributed by atoms with van der Waals surface area (Å²) in [5, 5.41) is 3.40. The molecule has 1 aliphatic rings. The maximum absolute atomic E-state index is 12.7. The molecule has 0 radical (unpaired) electrons. The highest BCUT2D eigenvalue weighted by molar-refractivity contribution is 5.94. The quantitative estimate of drug-likeness (QED) is 0.785. The molecule has 1 atom stereocenters. The fourth-order valence-corrected chi connectivity index (χ4v) is 2.89. The number of Topliss-reactive ketones (excluding diaryl/α,β-unsaturated/α-hetero) is 1. The van der Waals surface area contributed by atoms with Crippen molar-refractivity contribution in [1.29, 1.82) is 0 Å². The van der Waals surface area contributed by atoms with E-state index in [4.69, 9.17) is 0 Å². The van der Waals surface area contributed by atoms with Crippen LogP contribution < -0.4 is 5.32 Å². The first kappa shape index (κ1) is 17.7. The Morgan fingerprint density at radius 1 is 1.14 bits per heavy atom. The Morgan fingerprint density at radius 3 is 2.19 bits per heavy atom. The van der Waals surface area contributed by atoms with Crippen LogP contribution in [0.1, 0.15) is 60.3 Å². The van der Waals surface area contributed by atoms with Crippen molar-refractivity contribution in [3.63, 3.8) is 0 Å². The van der Waals surface area contributed by atoms with E-state index in [2.05, 4.69) is 19.2 Å². The van der Waals surface area contributed by atoms with Gasteiger partial charge in [0.2, 0.25) is 5.91 Å². The predicted octanol–water partition coefficient (Wildman–Crippen LogP) is 2.89. The molecule has 1 rings (SSSR count). The first-order valence-corrected chi connectivity index (χ1v) is 8.20. The van der Waals surface area contributed by atoms with Crippen molar-refractivity contribution >= 4 is 11.7 Å². The van der Waals surface area contributed by atoms with Crippen LogP contribution in [0.5, 0.6) is 0 Å². The summed E-state index contributed by atoms with van der Waals surface area (Å²) in [6, 6.07) is -0.243. The van der Waals surface area contributed by atoms with Gasteiger partial charge in [-0.3, -0.25) is 9.59 Å². The number of ketones is 1. The first-order chi connectivity index (χ1) is 9.92. The molecule has 0 aromatic carbocycles. The number of allylic oxidation sites excluding steroid dienone is 2. The molecule has 21 heavy (non-hydrogen) atoms. The van der Waals surface area contributed by atoms with Gasteiger partial charge in [-0.2, -0.15) is 0 Å². The molecule has 0 aromatic heterocycles. The zero-order valence-electron chi connectivity index (χ0n) is 14.2. The van der Waals surface area contributed by atoms with E-state index in [1.807, 2.05) is 18.7 Å². The maximum atomic E-state index is 12.7. The SMILES string of the molecule is CCN(CC)C(=O)[C@@H](NC1=C(C(C)=O)CCCC1)C(C)C. The van der Waals surface area contributed by atoms with Gasteiger partial charge >= 0.3 is 0 Å². The topological polar surface area (TPSA) is 49.4 Å². The normalized spacial score (nSPS) is 16.9. The monoisotopic (exact) mass is 294 g/mol. The molecular weight excluding hydrogens is 264 g/mol. The lowest BCUT2D eigenvalue weighted by atomic mass is 9.92. The molecule has 1 amide bonds. The Bertz CT molecular complexity index is 409. The molecule has 0 saturated heterocycles. The average molecular weight is 294 g/mol. The molecule has 0 saturated carbocycles. The van der Waals surface area contributed by atoms with Gasteiger partial charge < -0.3 is 10.2 Å². The zero-order chi connectivity index (χ0) is 16.0. The largest absolute Gasteiger partial charge is 0.377 e. The van der Waals surface area contributed by atoms with Crippen LogP contribution in [-0.4, -0.2) is 35.7 Å². The molecule has 1 aliphatic carbocycles. The van der Waals surface area contributed by atoms with E-state index in [0.29, 0.717) is 0 Å². The van der Waals surface area contributed by atoms with Gasteiger partial charge in [-0.25, -0.2) is 0 Å². The summed E-state index contributed by atoms with van der Waals surface area (Å²) in [4.78, 5) is 26.3. The van der Waals surface area contributed by atoms with Gasteiger partial charge in [0.05, 0.1) is 0 Å². The van der Waals surface area contributed by atoms with E-state index in [1.54, 1.807) is 6.92 Å². The van der Waals surface area contributed by atoms with Crippen molar-refractivity contribution < 1.29 is 9.59 Å². The Hall–Kier alpha value is -1.32. The third-order valence-corrected chi connectivity index (χ3v) is 4.23. The van der Waals surface area contributed by atoms with E-state index < -0.39 is 0 Å². The van der Waals surface area contributed by atoms with Crippen LogP contribution in [0.25, 0.3) is 0 Å². The standard InChI is InChI=1S/C17H30N2O2/c1-6-19(7-2)17(21)16(12(3)4)18-15-11-9-8-10-14(15)13(5)20/h12,16,18H,6-11H2,1-5H3/t16-/m0/s1. The van der Waals surface area contributed by atoms with E-state index in [0.717, 1.165) is 50.0 Å². The lowest BCUT2D eigenvalue weighted by Gasteiger charge is -2.31. The van der Waals surface area contributed by atoms with E-state index in [9.17, 15) is 9.59 Å². The fraction of sp³-hybridized carbons (Fsp3) is 0.765. The summed E-state index contributed by atoms with van der Waals surface area (Å²) >= 11 is 0. The van der Waals surface area contributed by atoms with Crippen molar-refractivity contribution in [3.05, 3.63) is 11.3 Å². The van der Waals surface area contributed by atoms with Crippen LogP contribution in [0, 0.1) is 5.92 Å². The van der Waals surface area contributed by atoms with Gasteiger partial charge in [-0.05, 0) is 52.4 Å². The predicted molar refractivity (Wildman–Crippen MR) is 85.9 cm³/mol. The molecule has 0 bridgehead atoms. The van der Waals surface area contributed by atoms with Crippen molar-refractivity contribution in [2.75, 3.05) is 13.1 Å². The second-order valence-corrected chi connectivity index (χ2v) is 6.10. The number of hydrogen-bond donors (Lipinski definition) is 1. The number of nitrogens with one attached hydrogen (secondary N) is 1. The van der Waals surface area contributed by atoms with Crippen molar-refractivity contribution in [2.45, 2.75) is 66.3 Å². The summed E-state index contributed by atoms with van der Waals surface area (Å²) in [7, 11) is 0. The van der Waals surface area contributed by atoms with E-state index in [-0.39, 0.29) is 23.7 Å². The molecule has 4 heteroatoms. The van der Waals surface area contributed by atoms with Crippen LogP contribution in [0.15, 0.2) is 11.3 Å². The second-order valence-electron chi connectivity index (χ2n) is 6.10. The highest BCUT2D eigenvalue weighted by atomic mass is 16.2. The molecule has 120 valence electrons. The molecule has 0 spiro atoms. The van der Waals surface area contributed by atoms with Gasteiger partial charge in [-0.15, -0.1) is 0 Å². The lowest BCUT2D eigenvalue weighted by Crippen LogP contribution is -2.49. The number of likely N-dealkylation sites (N-methyl/N-ethyl adjacent to an activating group) is 1. The first-order valence-electron chi connectivity index (χ1n) is 8.20. The van der Waals surface area contributed by atoms with E-state index in [1.165, 1.54) is 0 Å². The molecule has 4 nitrogen and oxygen atoms in total. The average Bonchev–Trinajstić information content (AvgIpc) is 2.45. The molecule has 0 aromatic rings. The van der Waals surface area contributed by atoms with Crippen LogP contribution in [-0.2, 0) is 9.59 Å². The van der Waals surface area contributed by atoms with Gasteiger partial charge in [0, 0.05) is 24.4 Å². The Labute approximate surface area is 129 Å². The Morgan fingerprint density at radius 2 is 1.71 bits per heavy atom. The van der Waals surface area contributed by atoms with E-state index >= 15 is 0 Å². The van der Waals surface area contributed by atoms with Gasteiger partial charge in [0.1, 0.15) is 6.04 Å². The second kappa shape index (κ2) is 8.20. The Balaban J connectivity index is 2.97. The highest BCUT2D eigenvalue weighted by Gasteiger charge is 2.28. The molecule has 0 fully saturated rings. The van der Waals surface area contributed by atoms with Crippen LogP contribution in [0.3, 0.4) is 0 Å². The fourth-order valence-electron chi connectivity index (χ4n) is 2.89. The summed E-state index contributed by atoms with van der Waals surface area (Å²) in [6.07, 6.45) is 3.87. The zero-order valence-corrected chi connectivity index (χ0v) is 14.2. The highest BCUT2D eigenvalue weighted by Crippen LogP contribution is 2.25. The summed E-state index contributed by atoms with van der Waals surface area (Å²) in [5.74, 6) is 0.465. The Kier molecular flexibility index (Phi) is 6.93. The smallest absolute Gasteiger partial charge is 0.245 e. The molecule has 0 aliphatic heterocycles. The van der Waals surface area contributed by atoms with Gasteiger partial charge in [0.15, 0.2) is 5.78 Å². The number of carbonyl (C=O) groups is 2. The molecule has 0 heterocycles. The van der Waals surface area contributed by atoms with Crippen molar-refractivity contribution in [3.8, 4) is 0 Å². The minimum Gasteiger partial charge on any atom is -0.377 e. The van der Waals surface area contributed by atoms with Crippen LogP contribution in [0.4, 0.5) is 0 Å². The third-order valence-electron chi connectivity index (χ3n) is 4.23. The minimum absolute atomic E-state index is 0.134. The van der Waals surface area contributed by atoms with Crippen LogP contribution >= 0.6 is 0 Å². The number of nitrogens with zero attached hydrogens (tertiary/aromatic N) is 1. The summed E-state index contributed by atoms with van der Waals surface area (Å²) < 4.78 is 0. The van der Waals surface area contributed by atoms with Crippen molar-refractivity contribution in [2.24, 2.45) is 5.92 Å².